The molecule has 0 spiro atoms. The second-order valence-electron chi connectivity index (χ2n) is 7.85. The third kappa shape index (κ3) is 3.88. The van der Waals surface area contributed by atoms with Crippen molar-refractivity contribution in [3.63, 3.8) is 0 Å². The largest absolute Gasteiger partial charge is 0.489 e. The molecule has 0 unspecified atom stereocenters. The van der Waals surface area contributed by atoms with Gasteiger partial charge in [0, 0.05) is 24.7 Å². The van der Waals surface area contributed by atoms with Crippen molar-refractivity contribution in [2.75, 3.05) is 6.61 Å². The van der Waals surface area contributed by atoms with Crippen LogP contribution in [0.4, 0.5) is 0 Å². The summed E-state index contributed by atoms with van der Waals surface area (Å²) in [5, 5.41) is 10.2. The van der Waals surface area contributed by atoms with Gasteiger partial charge in [0.05, 0.1) is 10.9 Å². The molecule has 1 aromatic carbocycles. The van der Waals surface area contributed by atoms with E-state index in [0.717, 1.165) is 29.4 Å². The second-order valence-corrected chi connectivity index (χ2v) is 7.85. The lowest BCUT2D eigenvalue weighted by molar-refractivity contribution is 0.108. The second kappa shape index (κ2) is 7.39. The molecule has 1 aliphatic rings. The molecule has 5 heteroatoms. The van der Waals surface area contributed by atoms with Gasteiger partial charge < -0.3 is 19.0 Å². The molecule has 2 atom stereocenters. The van der Waals surface area contributed by atoms with Gasteiger partial charge in [-0.1, -0.05) is 20.3 Å². The van der Waals surface area contributed by atoms with Gasteiger partial charge in [-0.2, -0.15) is 0 Å². The van der Waals surface area contributed by atoms with Crippen molar-refractivity contribution in [3.8, 4) is 11.5 Å². The van der Waals surface area contributed by atoms with E-state index in [2.05, 4.69) is 6.92 Å². The molecule has 2 heterocycles. The molecule has 1 N–H and O–H groups in total. The van der Waals surface area contributed by atoms with Gasteiger partial charge in [-0.3, -0.25) is 0 Å². The number of benzene rings is 1. The Morgan fingerprint density at radius 1 is 1.26 bits per heavy atom. The van der Waals surface area contributed by atoms with Gasteiger partial charge in [0.25, 0.3) is 0 Å². The topological polar surface area (TPSA) is 68.9 Å². The summed E-state index contributed by atoms with van der Waals surface area (Å²) in [5.74, 6) is 1.25. The van der Waals surface area contributed by atoms with Gasteiger partial charge in [0.1, 0.15) is 28.8 Å². The highest BCUT2D eigenvalue weighted by Gasteiger charge is 2.29. The zero-order valence-corrected chi connectivity index (χ0v) is 16.7. The SMILES string of the molecule is CCCc1cc(=O)oc2cc(O[C@H](C)[C@@H](C)CO)c3c(c12)OC(C)(C)C=C3. The highest BCUT2D eigenvalue weighted by atomic mass is 16.5. The van der Waals surface area contributed by atoms with E-state index in [1.165, 1.54) is 0 Å². The Morgan fingerprint density at radius 3 is 2.67 bits per heavy atom. The number of hydrogen-bond acceptors (Lipinski definition) is 5. The lowest BCUT2D eigenvalue weighted by Crippen LogP contribution is -2.29. The van der Waals surface area contributed by atoms with Gasteiger partial charge in [-0.15, -0.1) is 0 Å². The maximum absolute atomic E-state index is 12.1. The highest BCUT2D eigenvalue weighted by molar-refractivity contribution is 5.94. The summed E-state index contributed by atoms with van der Waals surface area (Å²) in [7, 11) is 0. The van der Waals surface area contributed by atoms with Crippen molar-refractivity contribution in [1.29, 1.82) is 0 Å². The van der Waals surface area contributed by atoms with E-state index in [1.807, 2.05) is 39.8 Å². The predicted octanol–water partition coefficient (Wildman–Crippen LogP) is 4.33. The highest BCUT2D eigenvalue weighted by Crippen LogP contribution is 2.44. The fourth-order valence-electron chi connectivity index (χ4n) is 3.24. The van der Waals surface area contributed by atoms with Crippen LogP contribution in [-0.2, 0) is 6.42 Å². The number of aliphatic hydroxyl groups is 1. The van der Waals surface area contributed by atoms with Crippen molar-refractivity contribution in [2.24, 2.45) is 5.92 Å². The normalized spacial score (nSPS) is 17.3. The lowest BCUT2D eigenvalue weighted by Gasteiger charge is -2.31. The van der Waals surface area contributed by atoms with Gasteiger partial charge in [-0.25, -0.2) is 4.79 Å². The molecule has 2 aromatic rings. The first-order valence-electron chi connectivity index (χ1n) is 9.55. The summed E-state index contributed by atoms with van der Waals surface area (Å²) in [6, 6.07) is 3.32. The Bertz CT molecular complexity index is 922. The minimum Gasteiger partial charge on any atom is -0.489 e. The van der Waals surface area contributed by atoms with E-state index >= 15 is 0 Å². The molecule has 0 aliphatic carbocycles. The summed E-state index contributed by atoms with van der Waals surface area (Å²) in [5.41, 5.74) is 1.38. The van der Waals surface area contributed by atoms with Gasteiger partial charge in [0.2, 0.25) is 0 Å². The molecule has 0 bridgehead atoms. The molecule has 146 valence electrons. The van der Waals surface area contributed by atoms with E-state index in [4.69, 9.17) is 13.9 Å². The standard InChI is InChI=1S/C22H28O5/c1-6-7-15-10-19(24)26-18-11-17(25-14(3)13(2)12-23)16-8-9-22(4,5)27-21(16)20(15)18/h8-11,13-14,23H,6-7,12H2,1-5H3/t13-,14+/m0/s1. The van der Waals surface area contributed by atoms with Crippen LogP contribution in [0.1, 0.15) is 52.2 Å². The molecule has 27 heavy (non-hydrogen) atoms. The molecule has 0 amide bonds. The fraction of sp³-hybridized carbons (Fsp3) is 0.500. The van der Waals surface area contributed by atoms with Crippen molar-refractivity contribution in [2.45, 2.75) is 59.2 Å². The van der Waals surface area contributed by atoms with E-state index in [1.54, 1.807) is 12.1 Å². The Labute approximate surface area is 159 Å². The van der Waals surface area contributed by atoms with Crippen LogP contribution in [0.2, 0.25) is 0 Å². The number of rotatable bonds is 6. The zero-order valence-electron chi connectivity index (χ0n) is 16.7. The van der Waals surface area contributed by atoms with E-state index in [-0.39, 0.29) is 24.3 Å². The van der Waals surface area contributed by atoms with Crippen LogP contribution in [0.25, 0.3) is 17.0 Å². The Kier molecular flexibility index (Phi) is 5.33. The molecule has 5 nitrogen and oxygen atoms in total. The average molecular weight is 372 g/mol. The minimum atomic E-state index is -0.470. The summed E-state index contributed by atoms with van der Waals surface area (Å²) in [6.07, 6.45) is 5.47. The number of aryl methyl sites for hydroxylation is 1. The molecule has 0 saturated heterocycles. The molecule has 0 fully saturated rings. The van der Waals surface area contributed by atoms with E-state index in [9.17, 15) is 9.90 Å². The van der Waals surface area contributed by atoms with Crippen molar-refractivity contribution >= 4 is 17.0 Å². The maximum atomic E-state index is 12.1. The van der Waals surface area contributed by atoms with Gasteiger partial charge in [0.15, 0.2) is 0 Å². The monoisotopic (exact) mass is 372 g/mol. The molecular weight excluding hydrogens is 344 g/mol. The van der Waals surface area contributed by atoms with E-state index in [0.29, 0.717) is 17.1 Å². The first kappa shape index (κ1) is 19.5. The first-order chi connectivity index (χ1) is 12.8. The predicted molar refractivity (Wildman–Crippen MR) is 107 cm³/mol. The van der Waals surface area contributed by atoms with Crippen LogP contribution < -0.4 is 15.1 Å². The zero-order chi connectivity index (χ0) is 19.8. The molecule has 3 rings (SSSR count). The quantitative estimate of drug-likeness (QED) is 0.765. The summed E-state index contributed by atoms with van der Waals surface area (Å²) in [6.45, 7) is 9.92. The third-order valence-corrected chi connectivity index (χ3v) is 5.01. The van der Waals surface area contributed by atoms with Crippen LogP contribution in [-0.4, -0.2) is 23.4 Å². The molecular formula is C22H28O5. The van der Waals surface area contributed by atoms with Crippen LogP contribution in [0.3, 0.4) is 0 Å². The minimum absolute atomic E-state index is 0.0280. The average Bonchev–Trinajstić information content (AvgIpc) is 2.59. The van der Waals surface area contributed by atoms with Crippen LogP contribution in [0, 0.1) is 5.92 Å². The lowest BCUT2D eigenvalue weighted by atomic mass is 9.96. The summed E-state index contributed by atoms with van der Waals surface area (Å²) < 4.78 is 17.9. The number of hydrogen-bond donors (Lipinski definition) is 1. The van der Waals surface area contributed by atoms with Crippen molar-refractivity contribution in [1.82, 2.24) is 0 Å². The van der Waals surface area contributed by atoms with Gasteiger partial charge in [-0.05, 0) is 44.9 Å². The maximum Gasteiger partial charge on any atom is 0.336 e. The van der Waals surface area contributed by atoms with Crippen molar-refractivity contribution in [3.05, 3.63) is 39.8 Å². The third-order valence-electron chi connectivity index (χ3n) is 5.01. The summed E-state index contributed by atoms with van der Waals surface area (Å²) >= 11 is 0. The molecule has 0 saturated carbocycles. The fourth-order valence-corrected chi connectivity index (χ4v) is 3.24. The Balaban J connectivity index is 2.25. The van der Waals surface area contributed by atoms with Gasteiger partial charge >= 0.3 is 5.63 Å². The number of aliphatic hydroxyl groups excluding tert-OH is 1. The van der Waals surface area contributed by atoms with E-state index < -0.39 is 5.60 Å². The Hall–Kier alpha value is -2.27. The summed E-state index contributed by atoms with van der Waals surface area (Å²) in [4.78, 5) is 12.1. The Morgan fingerprint density at radius 2 is 2.00 bits per heavy atom. The smallest absolute Gasteiger partial charge is 0.336 e. The number of fused-ring (bicyclic) bond motifs is 3. The van der Waals surface area contributed by atoms with Crippen LogP contribution in [0.15, 0.2) is 27.4 Å². The molecule has 1 aliphatic heterocycles. The molecule has 1 aromatic heterocycles. The van der Waals surface area contributed by atoms with Crippen LogP contribution in [0.5, 0.6) is 11.5 Å². The van der Waals surface area contributed by atoms with Crippen LogP contribution >= 0.6 is 0 Å². The first-order valence-corrected chi connectivity index (χ1v) is 9.55. The number of ether oxygens (including phenoxy) is 2. The molecule has 0 radical (unpaired) electrons. The van der Waals surface area contributed by atoms with Crippen molar-refractivity contribution < 1.29 is 19.0 Å².